The molecule has 0 fully saturated rings. The molecule has 0 heterocycles. The van der Waals surface area contributed by atoms with E-state index >= 15 is 0 Å². The van der Waals surface area contributed by atoms with E-state index in [2.05, 4.69) is 0 Å². The van der Waals surface area contributed by atoms with Gasteiger partial charge in [-0.2, -0.15) is 0 Å². The zero-order valence-electron chi connectivity index (χ0n) is 10.3. The van der Waals surface area contributed by atoms with Crippen LogP contribution < -0.4 is 10.5 Å². The maximum Gasteiger partial charge on any atom is 0.130 e. The van der Waals surface area contributed by atoms with E-state index < -0.39 is 0 Å². The van der Waals surface area contributed by atoms with E-state index in [4.69, 9.17) is 10.5 Å². The van der Waals surface area contributed by atoms with Gasteiger partial charge in [0.15, 0.2) is 0 Å². The van der Waals surface area contributed by atoms with Crippen LogP contribution in [0.2, 0.25) is 0 Å². The summed E-state index contributed by atoms with van der Waals surface area (Å²) in [6, 6.07) is 12.0. The SMILES string of the molecule is Cc1ccc(CCN)cc1Oc1ccc(F)cc1. The number of hydrogen-bond acceptors (Lipinski definition) is 2. The zero-order valence-corrected chi connectivity index (χ0v) is 10.3. The Balaban J connectivity index is 2.22. The quantitative estimate of drug-likeness (QED) is 0.895. The summed E-state index contributed by atoms with van der Waals surface area (Å²) in [5.41, 5.74) is 7.72. The number of benzene rings is 2. The number of ether oxygens (including phenoxy) is 1. The Morgan fingerprint density at radius 3 is 2.50 bits per heavy atom. The van der Waals surface area contributed by atoms with Crippen molar-refractivity contribution < 1.29 is 9.13 Å². The lowest BCUT2D eigenvalue weighted by Gasteiger charge is -2.10. The number of hydrogen-bond donors (Lipinski definition) is 1. The van der Waals surface area contributed by atoms with Crippen LogP contribution in [-0.2, 0) is 6.42 Å². The highest BCUT2D eigenvalue weighted by Gasteiger charge is 2.03. The summed E-state index contributed by atoms with van der Waals surface area (Å²) in [5.74, 6) is 1.15. The van der Waals surface area contributed by atoms with Crippen LogP contribution in [-0.4, -0.2) is 6.54 Å². The van der Waals surface area contributed by atoms with Crippen LogP contribution in [0.15, 0.2) is 42.5 Å². The molecule has 0 saturated carbocycles. The molecule has 94 valence electrons. The van der Waals surface area contributed by atoms with Crippen LogP contribution >= 0.6 is 0 Å². The molecule has 2 nitrogen and oxygen atoms in total. The van der Waals surface area contributed by atoms with Crippen molar-refractivity contribution in [3.63, 3.8) is 0 Å². The first kappa shape index (κ1) is 12.6. The summed E-state index contributed by atoms with van der Waals surface area (Å²) >= 11 is 0. The minimum Gasteiger partial charge on any atom is -0.457 e. The van der Waals surface area contributed by atoms with Crippen molar-refractivity contribution in [1.82, 2.24) is 0 Å². The van der Waals surface area contributed by atoms with E-state index in [1.165, 1.54) is 12.1 Å². The van der Waals surface area contributed by atoms with Gasteiger partial charge in [-0.05, 0) is 61.3 Å². The van der Waals surface area contributed by atoms with Gasteiger partial charge < -0.3 is 10.5 Å². The normalized spacial score (nSPS) is 10.4. The van der Waals surface area contributed by atoms with Crippen molar-refractivity contribution in [3.8, 4) is 11.5 Å². The van der Waals surface area contributed by atoms with E-state index in [9.17, 15) is 4.39 Å². The summed E-state index contributed by atoms with van der Waals surface area (Å²) in [6.07, 6.45) is 0.820. The van der Waals surface area contributed by atoms with E-state index in [-0.39, 0.29) is 5.82 Å². The minimum atomic E-state index is -0.268. The van der Waals surface area contributed by atoms with Crippen molar-refractivity contribution in [2.45, 2.75) is 13.3 Å². The Hall–Kier alpha value is -1.87. The third kappa shape index (κ3) is 3.08. The molecule has 0 aliphatic rings. The summed E-state index contributed by atoms with van der Waals surface area (Å²) < 4.78 is 18.5. The molecule has 0 saturated heterocycles. The van der Waals surface area contributed by atoms with Gasteiger partial charge in [0, 0.05) is 0 Å². The lowest BCUT2D eigenvalue weighted by atomic mass is 10.1. The lowest BCUT2D eigenvalue weighted by molar-refractivity contribution is 0.476. The van der Waals surface area contributed by atoms with E-state index in [1.54, 1.807) is 12.1 Å². The van der Waals surface area contributed by atoms with Gasteiger partial charge in [-0.25, -0.2) is 4.39 Å². The highest BCUT2D eigenvalue weighted by molar-refractivity contribution is 5.40. The maximum atomic E-state index is 12.8. The smallest absolute Gasteiger partial charge is 0.130 e. The summed E-state index contributed by atoms with van der Waals surface area (Å²) in [6.45, 7) is 2.59. The van der Waals surface area contributed by atoms with Gasteiger partial charge in [-0.1, -0.05) is 12.1 Å². The Bertz CT molecular complexity index is 523. The first-order valence-electron chi connectivity index (χ1n) is 5.92. The van der Waals surface area contributed by atoms with E-state index in [0.717, 1.165) is 23.3 Å². The molecule has 0 aromatic heterocycles. The molecule has 2 N–H and O–H groups in total. The summed E-state index contributed by atoms with van der Waals surface area (Å²) in [7, 11) is 0. The molecule has 2 rings (SSSR count). The van der Waals surface area contributed by atoms with Crippen LogP contribution in [0.5, 0.6) is 11.5 Å². The maximum absolute atomic E-state index is 12.8. The van der Waals surface area contributed by atoms with Crippen molar-refractivity contribution in [2.75, 3.05) is 6.54 Å². The largest absolute Gasteiger partial charge is 0.457 e. The Labute approximate surface area is 106 Å². The highest BCUT2D eigenvalue weighted by Crippen LogP contribution is 2.26. The predicted molar refractivity (Wildman–Crippen MR) is 70.4 cm³/mol. The molecule has 0 amide bonds. The second kappa shape index (κ2) is 5.65. The average molecular weight is 245 g/mol. The van der Waals surface area contributed by atoms with Crippen molar-refractivity contribution in [1.29, 1.82) is 0 Å². The number of rotatable bonds is 4. The Morgan fingerprint density at radius 2 is 1.83 bits per heavy atom. The third-order valence-corrected chi connectivity index (χ3v) is 2.73. The van der Waals surface area contributed by atoms with Gasteiger partial charge in [-0.3, -0.25) is 0 Å². The number of aryl methyl sites for hydroxylation is 1. The van der Waals surface area contributed by atoms with Crippen molar-refractivity contribution >= 4 is 0 Å². The molecular formula is C15H16FNO. The van der Waals surface area contributed by atoms with Crippen LogP contribution in [0.25, 0.3) is 0 Å². The summed E-state index contributed by atoms with van der Waals surface area (Å²) in [5, 5.41) is 0. The van der Waals surface area contributed by atoms with Gasteiger partial charge in [-0.15, -0.1) is 0 Å². The van der Waals surface area contributed by atoms with Crippen molar-refractivity contribution in [2.24, 2.45) is 5.73 Å². The number of halogens is 1. The summed E-state index contributed by atoms with van der Waals surface area (Å²) in [4.78, 5) is 0. The molecule has 18 heavy (non-hydrogen) atoms. The van der Waals surface area contributed by atoms with Crippen LogP contribution in [0, 0.1) is 12.7 Å². The fourth-order valence-corrected chi connectivity index (χ4v) is 1.71. The first-order valence-corrected chi connectivity index (χ1v) is 5.92. The van der Waals surface area contributed by atoms with Gasteiger partial charge in [0.2, 0.25) is 0 Å². The molecule has 2 aromatic carbocycles. The molecule has 0 unspecified atom stereocenters. The van der Waals surface area contributed by atoms with Crippen LogP contribution in [0.1, 0.15) is 11.1 Å². The minimum absolute atomic E-state index is 0.268. The van der Waals surface area contributed by atoms with Crippen LogP contribution in [0.4, 0.5) is 4.39 Å². The molecule has 0 aliphatic heterocycles. The van der Waals surface area contributed by atoms with Gasteiger partial charge in [0.05, 0.1) is 0 Å². The first-order chi connectivity index (χ1) is 8.69. The molecule has 3 heteroatoms. The van der Waals surface area contributed by atoms with Gasteiger partial charge in [0.25, 0.3) is 0 Å². The highest BCUT2D eigenvalue weighted by atomic mass is 19.1. The lowest BCUT2D eigenvalue weighted by Crippen LogP contribution is -2.02. The van der Waals surface area contributed by atoms with E-state index in [0.29, 0.717) is 12.3 Å². The fraction of sp³-hybridized carbons (Fsp3) is 0.200. The molecule has 2 aromatic rings. The second-order valence-electron chi connectivity index (χ2n) is 4.19. The van der Waals surface area contributed by atoms with Crippen LogP contribution in [0.3, 0.4) is 0 Å². The predicted octanol–water partition coefficient (Wildman–Crippen LogP) is 3.43. The molecule has 0 spiro atoms. The monoisotopic (exact) mass is 245 g/mol. The van der Waals surface area contributed by atoms with Gasteiger partial charge >= 0.3 is 0 Å². The second-order valence-corrected chi connectivity index (χ2v) is 4.19. The van der Waals surface area contributed by atoms with E-state index in [1.807, 2.05) is 25.1 Å². The number of nitrogens with two attached hydrogens (primary N) is 1. The zero-order chi connectivity index (χ0) is 13.0. The van der Waals surface area contributed by atoms with Gasteiger partial charge in [0.1, 0.15) is 17.3 Å². The Morgan fingerprint density at radius 1 is 1.11 bits per heavy atom. The standard InChI is InChI=1S/C15H16FNO/c1-11-2-3-12(8-9-17)10-15(11)18-14-6-4-13(16)5-7-14/h2-7,10H,8-9,17H2,1H3. The molecule has 0 atom stereocenters. The molecule has 0 aliphatic carbocycles. The fourth-order valence-electron chi connectivity index (χ4n) is 1.71. The molecular weight excluding hydrogens is 229 g/mol. The molecule has 0 radical (unpaired) electrons. The van der Waals surface area contributed by atoms with Crippen molar-refractivity contribution in [3.05, 3.63) is 59.4 Å². The Kier molecular flexibility index (Phi) is 3.95. The topological polar surface area (TPSA) is 35.2 Å². The average Bonchev–Trinajstić information content (AvgIpc) is 2.36. The molecule has 0 bridgehead atoms. The third-order valence-electron chi connectivity index (χ3n) is 2.73.